The molecule has 5 heterocycles. The molecule has 39 heavy (non-hydrogen) atoms. The molecule has 2 aromatic rings. The number of hydrogen-bond donors (Lipinski definition) is 4. The van der Waals surface area contributed by atoms with Crippen LogP contribution in [-0.4, -0.2) is 69.1 Å². The average molecular weight is 573 g/mol. The fourth-order valence-electron chi connectivity index (χ4n) is 4.42. The highest BCUT2D eigenvalue weighted by atomic mass is 32.2. The fraction of sp³-hybridized carbons (Fsp3) is 0.348. The number of carboxylic acid groups (broad SMARTS) is 1. The number of carboxylic acids is 1. The van der Waals surface area contributed by atoms with E-state index in [0.29, 0.717) is 24.2 Å². The predicted molar refractivity (Wildman–Crippen MR) is 138 cm³/mol. The van der Waals surface area contributed by atoms with Crippen LogP contribution in [0.1, 0.15) is 17.8 Å². The number of rotatable bonds is 8. The lowest BCUT2D eigenvalue weighted by Crippen LogP contribution is -2.71. The lowest BCUT2D eigenvalue weighted by atomic mass is 10.0. The highest BCUT2D eigenvalue weighted by Gasteiger charge is 2.53. The molecule has 1 unspecified atom stereocenters. The highest BCUT2D eigenvalue weighted by Crippen LogP contribution is 2.40. The van der Waals surface area contributed by atoms with Crippen LogP contribution in [0, 0.1) is 6.92 Å². The van der Waals surface area contributed by atoms with Gasteiger partial charge in [-0.2, -0.15) is 4.57 Å². The van der Waals surface area contributed by atoms with Gasteiger partial charge in [-0.3, -0.25) is 19.3 Å². The largest absolute Gasteiger partial charge is 0.543 e. The zero-order valence-electron chi connectivity index (χ0n) is 20.6. The van der Waals surface area contributed by atoms with Crippen molar-refractivity contribution >= 4 is 63.3 Å². The second-order valence-electron chi connectivity index (χ2n) is 8.96. The number of aliphatic carboxylic acids is 1. The Labute approximate surface area is 230 Å². The number of nitrogens with one attached hydrogen (secondary N) is 2. The first-order valence-corrected chi connectivity index (χ1v) is 13.7. The molecule has 0 radical (unpaired) electrons. The molecule has 3 aliphatic heterocycles. The van der Waals surface area contributed by atoms with E-state index in [1.54, 1.807) is 22.9 Å². The number of fused-ring (bicyclic) bond motifs is 1. The van der Waals surface area contributed by atoms with E-state index in [2.05, 4.69) is 20.8 Å². The number of hydrogen-bond acceptors (Lipinski definition) is 12. The normalized spacial score (nSPS) is 22.7. The Hall–Kier alpha value is -4.18. The number of nitrogens with zero attached hydrogens (tertiary/aromatic N) is 4. The van der Waals surface area contributed by atoms with Gasteiger partial charge in [0.2, 0.25) is 11.8 Å². The number of thioether (sulfide) groups is 1. The number of carbonyl (C=O) groups excluding carboxylic acids is 4. The molecule has 3 aliphatic rings. The van der Waals surface area contributed by atoms with Gasteiger partial charge in [-0.15, -0.1) is 23.1 Å². The number of aromatic nitrogens is 2. The summed E-state index contributed by atoms with van der Waals surface area (Å²) in [6.07, 6.45) is 1.28. The summed E-state index contributed by atoms with van der Waals surface area (Å²) in [6, 6.07) is 2.46. The smallest absolute Gasteiger partial charge is 0.276 e. The van der Waals surface area contributed by atoms with Gasteiger partial charge in [-0.25, -0.2) is 4.98 Å². The Morgan fingerprint density at radius 1 is 1.38 bits per heavy atom. The number of thiazole rings is 1. The van der Waals surface area contributed by atoms with Gasteiger partial charge in [0.25, 0.3) is 17.7 Å². The molecule has 6 N–H and O–H groups in total. The number of pyridine rings is 1. The van der Waals surface area contributed by atoms with Crippen LogP contribution >= 0.6 is 23.1 Å². The second-order valence-corrected chi connectivity index (χ2v) is 11.0. The Morgan fingerprint density at radius 2 is 2.18 bits per heavy atom. The number of amides is 3. The minimum absolute atomic E-state index is 0.112. The zero-order valence-corrected chi connectivity index (χ0v) is 22.2. The molecule has 16 heteroatoms. The number of nitrogens with two attached hydrogens (primary N) is 2. The van der Waals surface area contributed by atoms with Crippen LogP contribution < -0.4 is 31.8 Å². The van der Waals surface area contributed by atoms with Crippen molar-refractivity contribution in [2.45, 2.75) is 37.4 Å². The van der Waals surface area contributed by atoms with Crippen molar-refractivity contribution in [1.82, 2.24) is 20.5 Å². The van der Waals surface area contributed by atoms with Crippen LogP contribution in [0.25, 0.3) is 0 Å². The molecular formula is C23H24N8O6S2. The predicted octanol–water partition coefficient (Wildman–Crippen LogP) is -2.38. The Morgan fingerprint density at radius 3 is 2.85 bits per heavy atom. The van der Waals surface area contributed by atoms with Crippen molar-refractivity contribution in [2.24, 2.45) is 5.16 Å². The summed E-state index contributed by atoms with van der Waals surface area (Å²) < 4.78 is 1.80. The molecule has 204 valence electrons. The summed E-state index contributed by atoms with van der Waals surface area (Å²) in [6.45, 7) is 2.43. The van der Waals surface area contributed by atoms with Gasteiger partial charge in [-0.05, 0) is 6.07 Å². The Kier molecular flexibility index (Phi) is 7.14. The fourth-order valence-corrected chi connectivity index (χ4v) is 6.30. The summed E-state index contributed by atoms with van der Waals surface area (Å²) in [4.78, 5) is 60.8. The topological polar surface area (TPSA) is 209 Å². The van der Waals surface area contributed by atoms with Gasteiger partial charge in [0.1, 0.15) is 17.1 Å². The van der Waals surface area contributed by atoms with Crippen LogP contribution in [0.2, 0.25) is 0 Å². The summed E-state index contributed by atoms with van der Waals surface area (Å²) in [5, 5.41) is 22.2. The van der Waals surface area contributed by atoms with E-state index < -0.39 is 35.3 Å². The minimum Gasteiger partial charge on any atom is -0.543 e. The van der Waals surface area contributed by atoms with E-state index in [1.165, 1.54) is 17.1 Å². The number of β-lactam (4-membered cyclic amide) rings is 1. The molecule has 3 amide bonds. The molecule has 3 atom stereocenters. The van der Waals surface area contributed by atoms with E-state index in [1.807, 2.05) is 6.92 Å². The van der Waals surface area contributed by atoms with E-state index in [-0.39, 0.29) is 40.4 Å². The number of carbonyl (C=O) groups is 4. The third kappa shape index (κ3) is 4.99. The Balaban J connectivity index is 1.35. The maximum Gasteiger partial charge on any atom is 0.276 e. The number of nitrogen functional groups attached to an aromatic ring is 2. The van der Waals surface area contributed by atoms with Crippen molar-refractivity contribution in [1.29, 1.82) is 0 Å². The van der Waals surface area contributed by atoms with Crippen molar-refractivity contribution in [3.8, 4) is 0 Å². The van der Waals surface area contributed by atoms with Crippen LogP contribution in [0.5, 0.6) is 0 Å². The molecule has 0 aromatic carbocycles. The van der Waals surface area contributed by atoms with E-state index in [4.69, 9.17) is 16.3 Å². The molecule has 0 bridgehead atoms. The molecule has 14 nitrogen and oxygen atoms in total. The maximum atomic E-state index is 13.2. The third-order valence-corrected chi connectivity index (χ3v) is 8.54. The molecule has 0 saturated carbocycles. The SMILES string of the molecule is Cc1c(N)ccc[n+]1CC1=C(C(=O)[O-])N2C(=O)[C@@H](NC(=O)/C(=N\OC3CCNC3=O)c3csc(N)n3)[C@@H]2SC1. The van der Waals surface area contributed by atoms with Crippen molar-refractivity contribution in [3.63, 3.8) is 0 Å². The van der Waals surface area contributed by atoms with Gasteiger partial charge in [0.15, 0.2) is 23.6 Å². The van der Waals surface area contributed by atoms with E-state index in [0.717, 1.165) is 21.9 Å². The minimum atomic E-state index is -1.49. The van der Waals surface area contributed by atoms with Gasteiger partial charge in [0.05, 0.1) is 17.4 Å². The average Bonchev–Trinajstić information content (AvgIpc) is 3.52. The molecular weight excluding hydrogens is 548 g/mol. The van der Waals surface area contributed by atoms with Crippen molar-refractivity contribution in [3.05, 3.63) is 46.4 Å². The monoisotopic (exact) mass is 572 g/mol. The zero-order chi connectivity index (χ0) is 27.8. The quantitative estimate of drug-likeness (QED) is 0.114. The summed E-state index contributed by atoms with van der Waals surface area (Å²) in [5.41, 5.74) is 13.1. The van der Waals surface area contributed by atoms with Crippen LogP contribution in [0.3, 0.4) is 0 Å². The standard InChI is InChI=1S/C23H24N8O6S2/c1-10-12(24)3-2-6-30(10)7-11-8-38-21-16(20(34)31(21)17(11)22(35)36)28-19(33)15(13-9-39-23(25)27-13)29-37-14-4-5-26-18(14)32/h2-3,6,9,14,16,21H,4-5,7-8,24H2,1H3,(H4-,25,26,27,28,32,33,35,36)/b29-15-/t14?,16-,21+/m1/s1. The maximum absolute atomic E-state index is 13.2. The first kappa shape index (κ1) is 26.4. The summed E-state index contributed by atoms with van der Waals surface area (Å²) >= 11 is 2.39. The van der Waals surface area contributed by atoms with Gasteiger partial charge >= 0.3 is 0 Å². The lowest BCUT2D eigenvalue weighted by Gasteiger charge is -2.50. The molecule has 0 aliphatic carbocycles. The lowest BCUT2D eigenvalue weighted by molar-refractivity contribution is -0.694. The van der Waals surface area contributed by atoms with Crippen LogP contribution in [0.15, 0.2) is 40.1 Å². The first-order valence-electron chi connectivity index (χ1n) is 11.8. The van der Waals surface area contributed by atoms with E-state index in [9.17, 15) is 24.3 Å². The number of anilines is 2. The molecule has 2 fully saturated rings. The number of oxime groups is 1. The van der Waals surface area contributed by atoms with Gasteiger partial charge in [0, 0.05) is 42.7 Å². The van der Waals surface area contributed by atoms with Crippen LogP contribution in [0.4, 0.5) is 10.8 Å². The van der Waals surface area contributed by atoms with Crippen molar-refractivity contribution < 1.29 is 33.7 Å². The summed E-state index contributed by atoms with van der Waals surface area (Å²) in [5.74, 6) is -2.95. The second kappa shape index (κ2) is 10.5. The van der Waals surface area contributed by atoms with Gasteiger partial charge in [-0.1, -0.05) is 5.16 Å². The molecule has 2 saturated heterocycles. The van der Waals surface area contributed by atoms with E-state index >= 15 is 0 Å². The Bertz CT molecular complexity index is 1440. The van der Waals surface area contributed by atoms with Gasteiger partial charge < -0.3 is 36.8 Å². The van der Waals surface area contributed by atoms with Crippen LogP contribution in [-0.2, 0) is 30.6 Å². The molecule has 2 aromatic heterocycles. The highest BCUT2D eigenvalue weighted by molar-refractivity contribution is 8.00. The molecule has 5 rings (SSSR count). The first-order chi connectivity index (χ1) is 18.7. The van der Waals surface area contributed by atoms with Crippen molar-refractivity contribution in [2.75, 3.05) is 23.8 Å². The summed E-state index contributed by atoms with van der Waals surface area (Å²) in [7, 11) is 0. The third-order valence-electron chi connectivity index (χ3n) is 6.53. The molecule has 0 spiro atoms.